The minimum Gasteiger partial charge on any atom is -0.496 e. The molecule has 0 saturated carbocycles. The van der Waals surface area contributed by atoms with Gasteiger partial charge in [0, 0.05) is 23.8 Å². The van der Waals surface area contributed by atoms with Crippen molar-refractivity contribution in [1.29, 1.82) is 0 Å². The second-order valence-corrected chi connectivity index (χ2v) is 6.70. The van der Waals surface area contributed by atoms with Crippen molar-refractivity contribution in [2.45, 2.75) is 19.4 Å². The normalized spacial score (nSPS) is 12.0. The largest absolute Gasteiger partial charge is 0.496 e. The number of anilines is 1. The van der Waals surface area contributed by atoms with E-state index in [2.05, 4.69) is 61.8 Å². The molecule has 2 aromatic rings. The molecular formula is C16H18Br2N2O. The van der Waals surface area contributed by atoms with Crippen LogP contribution in [-0.2, 0) is 6.42 Å². The average molecular weight is 414 g/mol. The Morgan fingerprint density at radius 1 is 1.29 bits per heavy atom. The number of ether oxygens (including phenoxy) is 1. The van der Waals surface area contributed by atoms with Gasteiger partial charge < -0.3 is 9.64 Å². The Morgan fingerprint density at radius 3 is 2.67 bits per heavy atom. The molecule has 1 aromatic heterocycles. The number of benzene rings is 1. The molecule has 0 bridgehead atoms. The highest BCUT2D eigenvalue weighted by Crippen LogP contribution is 2.28. The second-order valence-electron chi connectivity index (χ2n) is 4.93. The molecule has 0 saturated heterocycles. The van der Waals surface area contributed by atoms with Crippen LogP contribution in [0.25, 0.3) is 0 Å². The van der Waals surface area contributed by atoms with Crippen LogP contribution in [0.4, 0.5) is 5.82 Å². The van der Waals surface area contributed by atoms with Crippen LogP contribution in [0.1, 0.15) is 12.5 Å². The van der Waals surface area contributed by atoms with E-state index in [0.29, 0.717) is 6.04 Å². The quantitative estimate of drug-likeness (QED) is 0.711. The Kier molecular flexibility index (Phi) is 5.65. The van der Waals surface area contributed by atoms with Crippen molar-refractivity contribution in [2.75, 3.05) is 19.1 Å². The Bertz CT molecular complexity index is 619. The van der Waals surface area contributed by atoms with Crippen LogP contribution < -0.4 is 9.64 Å². The molecule has 0 radical (unpaired) electrons. The van der Waals surface area contributed by atoms with Gasteiger partial charge in [-0.2, -0.15) is 0 Å². The van der Waals surface area contributed by atoms with Gasteiger partial charge in [0.2, 0.25) is 0 Å². The van der Waals surface area contributed by atoms with Crippen LogP contribution in [-0.4, -0.2) is 25.2 Å². The molecule has 1 heterocycles. The molecule has 0 fully saturated rings. The first-order valence-electron chi connectivity index (χ1n) is 6.68. The van der Waals surface area contributed by atoms with Crippen molar-refractivity contribution in [2.24, 2.45) is 0 Å². The number of rotatable bonds is 5. The van der Waals surface area contributed by atoms with E-state index in [1.54, 1.807) is 7.11 Å². The molecule has 3 nitrogen and oxygen atoms in total. The van der Waals surface area contributed by atoms with Crippen molar-refractivity contribution in [3.8, 4) is 5.75 Å². The van der Waals surface area contributed by atoms with E-state index in [0.717, 1.165) is 26.9 Å². The summed E-state index contributed by atoms with van der Waals surface area (Å²) in [5.74, 6) is 1.86. The van der Waals surface area contributed by atoms with Gasteiger partial charge in [-0.1, -0.05) is 18.2 Å². The molecule has 1 unspecified atom stereocenters. The van der Waals surface area contributed by atoms with Crippen LogP contribution in [0, 0.1) is 0 Å². The van der Waals surface area contributed by atoms with Gasteiger partial charge in [0.05, 0.1) is 11.6 Å². The minimum atomic E-state index is 0.297. The molecule has 5 heteroatoms. The molecule has 1 aromatic carbocycles. The molecule has 112 valence electrons. The number of nitrogens with zero attached hydrogens (tertiary/aromatic N) is 2. The SMILES string of the molecule is COc1ccccc1CC(C)N(C)c1ncc(Br)cc1Br. The predicted molar refractivity (Wildman–Crippen MR) is 94.2 cm³/mol. The van der Waals surface area contributed by atoms with E-state index in [-0.39, 0.29) is 0 Å². The van der Waals surface area contributed by atoms with Gasteiger partial charge in [0.25, 0.3) is 0 Å². The molecule has 0 aliphatic rings. The second kappa shape index (κ2) is 7.27. The third kappa shape index (κ3) is 3.98. The Labute approximate surface area is 142 Å². The number of para-hydroxylation sites is 1. The average Bonchev–Trinajstić information content (AvgIpc) is 2.47. The van der Waals surface area contributed by atoms with E-state index in [9.17, 15) is 0 Å². The number of hydrogen-bond acceptors (Lipinski definition) is 3. The summed E-state index contributed by atoms with van der Waals surface area (Å²) in [4.78, 5) is 6.65. The summed E-state index contributed by atoms with van der Waals surface area (Å²) in [6.07, 6.45) is 2.71. The van der Waals surface area contributed by atoms with E-state index >= 15 is 0 Å². The first-order valence-corrected chi connectivity index (χ1v) is 8.27. The van der Waals surface area contributed by atoms with Crippen molar-refractivity contribution in [3.05, 3.63) is 51.0 Å². The summed E-state index contributed by atoms with van der Waals surface area (Å²) in [6, 6.07) is 10.4. The molecule has 0 amide bonds. The summed E-state index contributed by atoms with van der Waals surface area (Å²) in [6.45, 7) is 2.18. The van der Waals surface area contributed by atoms with Gasteiger partial charge in [-0.25, -0.2) is 4.98 Å². The van der Waals surface area contributed by atoms with Crippen molar-refractivity contribution in [3.63, 3.8) is 0 Å². The van der Waals surface area contributed by atoms with Crippen LogP contribution >= 0.6 is 31.9 Å². The third-order valence-corrected chi connectivity index (χ3v) is 4.51. The molecule has 0 aliphatic carbocycles. The van der Waals surface area contributed by atoms with Crippen LogP contribution in [0.3, 0.4) is 0 Å². The third-order valence-electron chi connectivity index (χ3n) is 3.49. The van der Waals surface area contributed by atoms with E-state index in [1.807, 2.05) is 30.5 Å². The zero-order chi connectivity index (χ0) is 15.4. The maximum absolute atomic E-state index is 5.42. The maximum atomic E-state index is 5.42. The van der Waals surface area contributed by atoms with Gasteiger partial charge in [-0.15, -0.1) is 0 Å². The topological polar surface area (TPSA) is 25.4 Å². The molecule has 1 atom stereocenters. The van der Waals surface area contributed by atoms with Crippen molar-refractivity contribution >= 4 is 37.7 Å². The minimum absolute atomic E-state index is 0.297. The van der Waals surface area contributed by atoms with Gasteiger partial charge in [-0.05, 0) is 62.9 Å². The highest BCUT2D eigenvalue weighted by Gasteiger charge is 2.16. The molecule has 0 spiro atoms. The lowest BCUT2D eigenvalue weighted by Crippen LogP contribution is -2.31. The lowest BCUT2D eigenvalue weighted by molar-refractivity contribution is 0.408. The highest BCUT2D eigenvalue weighted by atomic mass is 79.9. The summed E-state index contributed by atoms with van der Waals surface area (Å²) < 4.78 is 7.36. The zero-order valence-electron chi connectivity index (χ0n) is 12.3. The Balaban J connectivity index is 2.17. The molecule has 21 heavy (non-hydrogen) atoms. The van der Waals surface area contributed by atoms with E-state index in [4.69, 9.17) is 4.74 Å². The van der Waals surface area contributed by atoms with E-state index in [1.165, 1.54) is 5.56 Å². The fourth-order valence-corrected chi connectivity index (χ4v) is 3.47. The number of halogens is 2. The summed E-state index contributed by atoms with van der Waals surface area (Å²) in [5, 5.41) is 0. The predicted octanol–water partition coefficient (Wildman–Crippen LogP) is 4.68. The first-order chi connectivity index (χ1) is 10.0. The summed E-state index contributed by atoms with van der Waals surface area (Å²) in [7, 11) is 3.77. The monoisotopic (exact) mass is 412 g/mol. The Morgan fingerprint density at radius 2 is 2.00 bits per heavy atom. The lowest BCUT2D eigenvalue weighted by atomic mass is 10.1. The van der Waals surface area contributed by atoms with Crippen LogP contribution in [0.15, 0.2) is 45.5 Å². The number of methoxy groups -OCH3 is 1. The molecule has 0 aliphatic heterocycles. The smallest absolute Gasteiger partial charge is 0.142 e. The van der Waals surface area contributed by atoms with Crippen LogP contribution in [0.5, 0.6) is 5.75 Å². The number of hydrogen-bond donors (Lipinski definition) is 0. The fourth-order valence-electron chi connectivity index (χ4n) is 2.20. The number of aromatic nitrogens is 1. The highest BCUT2D eigenvalue weighted by molar-refractivity contribution is 9.11. The first kappa shape index (κ1) is 16.3. The van der Waals surface area contributed by atoms with Crippen molar-refractivity contribution < 1.29 is 4.74 Å². The standard InChI is InChI=1S/C16H18Br2N2O/c1-11(8-12-6-4-5-7-15(12)21-3)20(2)16-14(18)9-13(17)10-19-16/h4-7,9-11H,8H2,1-3H3. The zero-order valence-corrected chi connectivity index (χ0v) is 15.5. The fraction of sp³-hybridized carbons (Fsp3) is 0.312. The van der Waals surface area contributed by atoms with Gasteiger partial charge in [0.15, 0.2) is 0 Å². The lowest BCUT2D eigenvalue weighted by Gasteiger charge is -2.27. The summed E-state index contributed by atoms with van der Waals surface area (Å²) in [5.41, 5.74) is 1.20. The van der Waals surface area contributed by atoms with E-state index < -0.39 is 0 Å². The van der Waals surface area contributed by atoms with Gasteiger partial charge in [-0.3, -0.25) is 0 Å². The maximum Gasteiger partial charge on any atom is 0.142 e. The molecule has 2 rings (SSSR count). The molecule has 0 N–H and O–H groups in total. The van der Waals surface area contributed by atoms with Crippen LogP contribution in [0.2, 0.25) is 0 Å². The van der Waals surface area contributed by atoms with Crippen molar-refractivity contribution in [1.82, 2.24) is 4.98 Å². The van der Waals surface area contributed by atoms with Gasteiger partial charge >= 0.3 is 0 Å². The number of pyridine rings is 1. The Hall–Kier alpha value is -1.07. The number of likely N-dealkylation sites (N-methyl/N-ethyl adjacent to an activating group) is 1. The summed E-state index contributed by atoms with van der Waals surface area (Å²) >= 11 is 7.00. The molecular weight excluding hydrogens is 396 g/mol. The van der Waals surface area contributed by atoms with Gasteiger partial charge in [0.1, 0.15) is 11.6 Å².